The van der Waals surface area contributed by atoms with Crippen molar-refractivity contribution in [3.8, 4) is 0 Å². The van der Waals surface area contributed by atoms with Crippen LogP contribution >= 0.6 is 11.6 Å². The number of nitrogens with one attached hydrogen (secondary N) is 1. The number of hydrogen-bond acceptors (Lipinski definition) is 3. The van der Waals surface area contributed by atoms with Crippen molar-refractivity contribution in [2.75, 3.05) is 6.61 Å². The number of carbonyl (C=O) groups excluding carboxylic acids is 1. The first-order chi connectivity index (χ1) is 10.8. The number of halogens is 3. The Hall–Kier alpha value is -1.66. The molecule has 0 aromatic heterocycles. The smallest absolute Gasteiger partial charge is 0.424 e. The fourth-order valence-electron chi connectivity index (χ4n) is 2.40. The highest BCUT2D eigenvalue weighted by Crippen LogP contribution is 2.34. The molecule has 0 radical (unpaired) electrons. The van der Waals surface area contributed by atoms with Gasteiger partial charge in [-0.05, 0) is 29.7 Å². The fraction of sp³-hybridized carbons (Fsp3) is 0.438. The van der Waals surface area contributed by atoms with E-state index in [0.717, 1.165) is 5.01 Å². The molecule has 0 aliphatic carbocycles. The molecule has 0 unspecified atom stereocenters. The van der Waals surface area contributed by atoms with Crippen molar-refractivity contribution in [1.82, 2.24) is 10.4 Å². The molecular weight excluding hydrogens is 326 g/mol. The Balaban J connectivity index is 2.35. The summed E-state index contributed by atoms with van der Waals surface area (Å²) in [5.74, 6) is -3.24. The van der Waals surface area contributed by atoms with Gasteiger partial charge < -0.3 is 4.74 Å². The molecule has 0 spiro atoms. The summed E-state index contributed by atoms with van der Waals surface area (Å²) in [6.45, 7) is 7.13. The van der Waals surface area contributed by atoms with E-state index in [1.807, 2.05) is 13.8 Å². The van der Waals surface area contributed by atoms with Gasteiger partial charge in [-0.1, -0.05) is 44.2 Å². The van der Waals surface area contributed by atoms with Crippen LogP contribution in [0.4, 0.5) is 13.6 Å². The first-order valence-corrected chi connectivity index (χ1v) is 7.63. The molecule has 4 nitrogen and oxygen atoms in total. The molecule has 1 aliphatic rings. The van der Waals surface area contributed by atoms with Gasteiger partial charge in [0.15, 0.2) is 0 Å². The van der Waals surface area contributed by atoms with E-state index < -0.39 is 18.1 Å². The predicted octanol–water partition coefficient (Wildman–Crippen LogP) is 4.18. The topological polar surface area (TPSA) is 41.6 Å². The Morgan fingerprint density at radius 1 is 1.52 bits per heavy atom. The molecule has 0 saturated carbocycles. The highest BCUT2D eigenvalue weighted by molar-refractivity contribution is 6.30. The maximum Gasteiger partial charge on any atom is 0.424 e. The highest BCUT2D eigenvalue weighted by Gasteiger charge is 2.43. The van der Waals surface area contributed by atoms with Crippen LogP contribution in [0.1, 0.15) is 25.5 Å². The summed E-state index contributed by atoms with van der Waals surface area (Å²) in [5.41, 5.74) is 2.87. The van der Waals surface area contributed by atoms with Crippen molar-refractivity contribution >= 4 is 17.7 Å². The number of benzene rings is 1. The molecule has 7 heteroatoms. The minimum atomic E-state index is -3.28. The van der Waals surface area contributed by atoms with Crippen LogP contribution in [0.2, 0.25) is 5.02 Å². The third-order valence-corrected chi connectivity index (χ3v) is 4.02. The van der Waals surface area contributed by atoms with Crippen molar-refractivity contribution in [3.05, 3.63) is 47.5 Å². The second kappa shape index (κ2) is 6.84. The monoisotopic (exact) mass is 344 g/mol. The largest absolute Gasteiger partial charge is 0.446 e. The quantitative estimate of drug-likeness (QED) is 0.787. The lowest BCUT2D eigenvalue weighted by molar-refractivity contribution is -0.0188. The molecule has 23 heavy (non-hydrogen) atoms. The van der Waals surface area contributed by atoms with Crippen molar-refractivity contribution in [1.29, 1.82) is 0 Å². The van der Waals surface area contributed by atoms with E-state index in [1.54, 1.807) is 12.1 Å². The minimum Gasteiger partial charge on any atom is -0.446 e. The minimum absolute atomic E-state index is 0.0475. The second-order valence-electron chi connectivity index (χ2n) is 5.75. The lowest BCUT2D eigenvalue weighted by Crippen LogP contribution is -2.52. The summed E-state index contributed by atoms with van der Waals surface area (Å²) < 4.78 is 33.7. The Morgan fingerprint density at radius 3 is 2.78 bits per heavy atom. The summed E-state index contributed by atoms with van der Waals surface area (Å²) in [4.78, 5) is 11.9. The van der Waals surface area contributed by atoms with Crippen LogP contribution in [-0.2, 0) is 4.74 Å². The van der Waals surface area contributed by atoms with Crippen LogP contribution in [0.15, 0.2) is 36.9 Å². The number of ether oxygens (including phenoxy) is 1. The molecule has 126 valence electrons. The van der Waals surface area contributed by atoms with E-state index in [9.17, 15) is 13.6 Å². The SMILES string of the molecule is C=CC(F)(F)[C@H](NN1C(=O)OC[C@@H]1C(C)C)c1cccc(Cl)c1. The molecule has 1 aromatic carbocycles. The molecule has 1 fully saturated rings. The van der Waals surface area contributed by atoms with Crippen molar-refractivity contribution < 1.29 is 18.3 Å². The maximum atomic E-state index is 14.3. The molecule has 2 rings (SSSR count). The Morgan fingerprint density at radius 2 is 2.22 bits per heavy atom. The molecule has 1 heterocycles. The Labute approximate surface area is 139 Å². The van der Waals surface area contributed by atoms with E-state index in [2.05, 4.69) is 12.0 Å². The van der Waals surface area contributed by atoms with Crippen LogP contribution in [0.5, 0.6) is 0 Å². The highest BCUT2D eigenvalue weighted by atomic mass is 35.5. The molecule has 1 amide bonds. The molecule has 0 bridgehead atoms. The number of carbonyl (C=O) groups is 1. The molecule has 2 atom stereocenters. The molecular formula is C16H19ClF2N2O2. The standard InChI is InChI=1S/C16H19ClF2N2O2/c1-4-16(18,19)14(11-6-5-7-12(17)8-11)20-21-13(10(2)3)9-23-15(21)22/h4-8,10,13-14,20H,1,9H2,2-3H3/t13-,14-/m1/s1. The van der Waals surface area contributed by atoms with Gasteiger partial charge in [0.1, 0.15) is 12.6 Å². The van der Waals surface area contributed by atoms with Gasteiger partial charge in [-0.3, -0.25) is 0 Å². The van der Waals surface area contributed by atoms with Crippen LogP contribution in [0.3, 0.4) is 0 Å². The Kier molecular flexibility index (Phi) is 5.26. The van der Waals surface area contributed by atoms with Gasteiger partial charge >= 0.3 is 6.09 Å². The zero-order chi connectivity index (χ0) is 17.2. The van der Waals surface area contributed by atoms with Gasteiger partial charge in [0.05, 0.1) is 6.04 Å². The first-order valence-electron chi connectivity index (χ1n) is 7.25. The molecule has 1 saturated heterocycles. The molecule has 1 aliphatic heterocycles. The van der Waals surface area contributed by atoms with Crippen LogP contribution in [-0.4, -0.2) is 29.7 Å². The zero-order valence-corrected chi connectivity index (χ0v) is 13.7. The average Bonchev–Trinajstić information content (AvgIpc) is 2.85. The summed E-state index contributed by atoms with van der Waals surface area (Å²) in [5, 5.41) is 1.46. The Bertz CT molecular complexity index is 595. The van der Waals surface area contributed by atoms with Gasteiger partial charge in [-0.2, -0.15) is 8.78 Å². The lowest BCUT2D eigenvalue weighted by Gasteiger charge is -2.33. The second-order valence-corrected chi connectivity index (χ2v) is 6.19. The van der Waals surface area contributed by atoms with Gasteiger partial charge in [0.25, 0.3) is 5.92 Å². The van der Waals surface area contributed by atoms with Gasteiger partial charge in [0, 0.05) is 5.02 Å². The van der Waals surface area contributed by atoms with Gasteiger partial charge in [0.2, 0.25) is 0 Å². The van der Waals surface area contributed by atoms with Crippen molar-refractivity contribution in [3.63, 3.8) is 0 Å². The number of nitrogens with zero attached hydrogens (tertiary/aromatic N) is 1. The van der Waals surface area contributed by atoms with E-state index in [1.165, 1.54) is 12.1 Å². The first kappa shape index (κ1) is 17.7. The summed E-state index contributed by atoms with van der Waals surface area (Å²) in [6.07, 6.45) is -0.118. The van der Waals surface area contributed by atoms with Crippen LogP contribution < -0.4 is 5.43 Å². The van der Waals surface area contributed by atoms with Gasteiger partial charge in [-0.25, -0.2) is 15.2 Å². The summed E-state index contributed by atoms with van der Waals surface area (Å²) >= 11 is 5.90. The predicted molar refractivity (Wildman–Crippen MR) is 84.3 cm³/mol. The summed E-state index contributed by atoms with van der Waals surface area (Å²) in [7, 11) is 0. The number of rotatable bonds is 6. The number of cyclic esters (lactones) is 1. The van der Waals surface area contributed by atoms with E-state index in [0.29, 0.717) is 11.1 Å². The van der Waals surface area contributed by atoms with E-state index in [-0.39, 0.29) is 24.1 Å². The van der Waals surface area contributed by atoms with Crippen molar-refractivity contribution in [2.45, 2.75) is 31.9 Å². The van der Waals surface area contributed by atoms with E-state index >= 15 is 0 Å². The molecule has 1 aromatic rings. The lowest BCUT2D eigenvalue weighted by atomic mass is 10.0. The van der Waals surface area contributed by atoms with Crippen LogP contribution in [0, 0.1) is 5.92 Å². The summed E-state index contributed by atoms with van der Waals surface area (Å²) in [6, 6.07) is 4.31. The number of amides is 1. The number of hydrogen-bond donors (Lipinski definition) is 1. The van der Waals surface area contributed by atoms with E-state index in [4.69, 9.17) is 16.3 Å². The normalized spacial score (nSPS) is 19.8. The maximum absolute atomic E-state index is 14.3. The van der Waals surface area contributed by atoms with Crippen LogP contribution in [0.25, 0.3) is 0 Å². The van der Waals surface area contributed by atoms with Crippen molar-refractivity contribution in [2.24, 2.45) is 5.92 Å². The number of hydrazine groups is 1. The number of alkyl halides is 2. The average molecular weight is 345 g/mol. The zero-order valence-electron chi connectivity index (χ0n) is 12.9. The third kappa shape index (κ3) is 3.82. The fourth-order valence-corrected chi connectivity index (χ4v) is 2.60. The third-order valence-electron chi connectivity index (χ3n) is 3.78. The molecule has 1 N–H and O–H groups in total. The van der Waals surface area contributed by atoms with Gasteiger partial charge in [-0.15, -0.1) is 0 Å².